The highest BCUT2D eigenvalue weighted by Gasteiger charge is 2.23. The Bertz CT molecular complexity index is 891. The van der Waals surface area contributed by atoms with E-state index in [1.807, 2.05) is 18.2 Å². The third kappa shape index (κ3) is 3.54. The molecule has 0 amide bonds. The summed E-state index contributed by atoms with van der Waals surface area (Å²) in [5.74, 6) is 1.65. The SMILES string of the molecule is CS(=O)(=O)c1ccc2c(c1)CCN2c1ccc(OC2CCNCC2)cn1. The summed E-state index contributed by atoms with van der Waals surface area (Å²) in [5.41, 5.74) is 2.07. The molecule has 2 aliphatic rings. The Morgan fingerprint density at radius 1 is 1.19 bits per heavy atom. The van der Waals surface area contributed by atoms with Crippen LogP contribution in [-0.4, -0.2) is 45.4 Å². The van der Waals surface area contributed by atoms with Gasteiger partial charge in [-0.3, -0.25) is 0 Å². The van der Waals surface area contributed by atoms with Gasteiger partial charge < -0.3 is 15.0 Å². The lowest BCUT2D eigenvalue weighted by Gasteiger charge is -2.24. The molecule has 2 aliphatic heterocycles. The van der Waals surface area contributed by atoms with Crippen molar-refractivity contribution in [2.75, 3.05) is 30.8 Å². The number of sulfone groups is 1. The topological polar surface area (TPSA) is 71.5 Å². The molecule has 3 heterocycles. The van der Waals surface area contributed by atoms with Gasteiger partial charge in [0.25, 0.3) is 0 Å². The monoisotopic (exact) mass is 373 g/mol. The standard InChI is InChI=1S/C19H23N3O3S/c1-26(23,24)17-3-4-18-14(12-17)8-11-22(18)19-5-2-16(13-21-19)25-15-6-9-20-10-7-15/h2-5,12-13,15,20H,6-11H2,1H3. The van der Waals surface area contributed by atoms with Gasteiger partial charge in [0.2, 0.25) is 0 Å². The quantitative estimate of drug-likeness (QED) is 0.887. The van der Waals surface area contributed by atoms with Gasteiger partial charge in [0, 0.05) is 18.5 Å². The minimum absolute atomic E-state index is 0.255. The van der Waals surface area contributed by atoms with E-state index in [0.717, 1.165) is 61.7 Å². The van der Waals surface area contributed by atoms with Crippen LogP contribution in [0.3, 0.4) is 0 Å². The number of fused-ring (bicyclic) bond motifs is 1. The molecule has 0 atom stereocenters. The maximum absolute atomic E-state index is 11.7. The van der Waals surface area contributed by atoms with Gasteiger partial charge in [-0.2, -0.15) is 0 Å². The normalized spacial score (nSPS) is 18.0. The van der Waals surface area contributed by atoms with Gasteiger partial charge in [-0.1, -0.05) is 0 Å². The predicted octanol–water partition coefficient (Wildman–Crippen LogP) is 2.31. The molecule has 0 aliphatic carbocycles. The Kier molecular flexibility index (Phi) is 4.58. The van der Waals surface area contributed by atoms with E-state index in [1.54, 1.807) is 18.3 Å². The second kappa shape index (κ2) is 6.89. The van der Waals surface area contributed by atoms with Crippen LogP contribution in [-0.2, 0) is 16.3 Å². The maximum Gasteiger partial charge on any atom is 0.175 e. The predicted molar refractivity (Wildman–Crippen MR) is 101 cm³/mol. The third-order valence-electron chi connectivity index (χ3n) is 4.96. The molecule has 1 fully saturated rings. The number of anilines is 2. The van der Waals surface area contributed by atoms with Crippen molar-refractivity contribution in [2.24, 2.45) is 0 Å². The number of ether oxygens (including phenoxy) is 1. The zero-order chi connectivity index (χ0) is 18.1. The summed E-state index contributed by atoms with van der Waals surface area (Å²) in [6, 6.07) is 9.25. The molecule has 6 nitrogen and oxygen atoms in total. The van der Waals surface area contributed by atoms with Crippen molar-refractivity contribution in [2.45, 2.75) is 30.3 Å². The fraction of sp³-hybridized carbons (Fsp3) is 0.421. The van der Waals surface area contributed by atoms with E-state index in [2.05, 4.69) is 15.2 Å². The Morgan fingerprint density at radius 2 is 2.00 bits per heavy atom. The molecule has 26 heavy (non-hydrogen) atoms. The van der Waals surface area contributed by atoms with Crippen LogP contribution in [0.4, 0.5) is 11.5 Å². The first-order chi connectivity index (χ1) is 12.5. The first-order valence-corrected chi connectivity index (χ1v) is 10.8. The highest BCUT2D eigenvalue weighted by Crippen LogP contribution is 2.35. The molecule has 0 unspecified atom stereocenters. The van der Waals surface area contributed by atoms with Crippen molar-refractivity contribution in [3.05, 3.63) is 42.1 Å². The Morgan fingerprint density at radius 3 is 2.69 bits per heavy atom. The molecular weight excluding hydrogens is 350 g/mol. The summed E-state index contributed by atoms with van der Waals surface area (Å²) < 4.78 is 29.5. The van der Waals surface area contributed by atoms with Crippen molar-refractivity contribution >= 4 is 21.3 Å². The fourth-order valence-electron chi connectivity index (χ4n) is 3.55. The van der Waals surface area contributed by atoms with E-state index in [4.69, 9.17) is 4.74 Å². The second-order valence-corrected chi connectivity index (χ2v) is 8.90. The number of piperidine rings is 1. The van der Waals surface area contributed by atoms with Crippen LogP contribution in [0, 0.1) is 0 Å². The number of rotatable bonds is 4. The number of nitrogens with one attached hydrogen (secondary N) is 1. The van der Waals surface area contributed by atoms with E-state index in [9.17, 15) is 8.42 Å². The molecule has 1 aromatic carbocycles. The van der Waals surface area contributed by atoms with E-state index >= 15 is 0 Å². The van der Waals surface area contributed by atoms with Crippen molar-refractivity contribution in [3.8, 4) is 5.75 Å². The zero-order valence-corrected chi connectivity index (χ0v) is 15.6. The molecule has 7 heteroatoms. The number of hydrogen-bond donors (Lipinski definition) is 1. The van der Waals surface area contributed by atoms with Crippen LogP contribution < -0.4 is 15.0 Å². The summed E-state index contributed by atoms with van der Waals surface area (Å²) >= 11 is 0. The number of benzene rings is 1. The largest absolute Gasteiger partial charge is 0.489 e. The Hall–Kier alpha value is -2.12. The zero-order valence-electron chi connectivity index (χ0n) is 14.8. The smallest absolute Gasteiger partial charge is 0.175 e. The second-order valence-electron chi connectivity index (χ2n) is 6.88. The van der Waals surface area contributed by atoms with Crippen molar-refractivity contribution < 1.29 is 13.2 Å². The summed E-state index contributed by atoms with van der Waals surface area (Å²) in [6.07, 6.45) is 6.12. The highest BCUT2D eigenvalue weighted by atomic mass is 32.2. The number of hydrogen-bond acceptors (Lipinski definition) is 6. The van der Waals surface area contributed by atoms with Gasteiger partial charge in [-0.05, 0) is 68.2 Å². The van der Waals surface area contributed by atoms with E-state index in [-0.39, 0.29) is 6.10 Å². The van der Waals surface area contributed by atoms with Crippen molar-refractivity contribution in [3.63, 3.8) is 0 Å². The average molecular weight is 373 g/mol. The van der Waals surface area contributed by atoms with Crippen LogP contribution in [0.2, 0.25) is 0 Å². The Labute approximate surface area is 154 Å². The van der Waals surface area contributed by atoms with Crippen LogP contribution in [0.5, 0.6) is 5.75 Å². The molecule has 0 saturated carbocycles. The lowest BCUT2D eigenvalue weighted by molar-refractivity contribution is 0.162. The molecule has 0 spiro atoms. The summed E-state index contributed by atoms with van der Waals surface area (Å²) in [6.45, 7) is 2.79. The van der Waals surface area contributed by atoms with Crippen LogP contribution in [0.25, 0.3) is 0 Å². The van der Waals surface area contributed by atoms with Crippen LogP contribution >= 0.6 is 0 Å². The summed E-state index contributed by atoms with van der Waals surface area (Å²) in [7, 11) is -3.18. The molecule has 2 aromatic rings. The fourth-order valence-corrected chi connectivity index (χ4v) is 4.23. The Balaban J connectivity index is 1.51. The maximum atomic E-state index is 11.7. The van der Waals surface area contributed by atoms with Crippen molar-refractivity contribution in [1.82, 2.24) is 10.3 Å². The lowest BCUT2D eigenvalue weighted by atomic mass is 10.1. The minimum Gasteiger partial charge on any atom is -0.489 e. The average Bonchev–Trinajstić information content (AvgIpc) is 3.06. The van der Waals surface area contributed by atoms with Crippen LogP contribution in [0.15, 0.2) is 41.4 Å². The molecular formula is C19H23N3O3S. The van der Waals surface area contributed by atoms with Gasteiger partial charge in [0.1, 0.15) is 17.7 Å². The van der Waals surface area contributed by atoms with E-state index < -0.39 is 9.84 Å². The van der Waals surface area contributed by atoms with E-state index in [1.165, 1.54) is 6.26 Å². The molecule has 4 rings (SSSR count). The third-order valence-corrected chi connectivity index (χ3v) is 6.07. The molecule has 1 aromatic heterocycles. The van der Waals surface area contributed by atoms with Gasteiger partial charge in [0.05, 0.1) is 11.1 Å². The molecule has 0 radical (unpaired) electrons. The minimum atomic E-state index is -3.18. The van der Waals surface area contributed by atoms with Gasteiger partial charge in [0.15, 0.2) is 9.84 Å². The first-order valence-electron chi connectivity index (χ1n) is 8.95. The number of pyridine rings is 1. The number of aromatic nitrogens is 1. The van der Waals surface area contributed by atoms with Gasteiger partial charge >= 0.3 is 0 Å². The lowest BCUT2D eigenvalue weighted by Crippen LogP contribution is -2.34. The molecule has 0 bridgehead atoms. The molecule has 1 N–H and O–H groups in total. The molecule has 1 saturated heterocycles. The number of nitrogens with zero attached hydrogens (tertiary/aromatic N) is 2. The van der Waals surface area contributed by atoms with Crippen molar-refractivity contribution in [1.29, 1.82) is 0 Å². The highest BCUT2D eigenvalue weighted by molar-refractivity contribution is 7.90. The molecule has 138 valence electrons. The van der Waals surface area contributed by atoms with Gasteiger partial charge in [-0.25, -0.2) is 13.4 Å². The summed E-state index contributed by atoms with van der Waals surface area (Å²) in [4.78, 5) is 7.06. The van der Waals surface area contributed by atoms with Gasteiger partial charge in [-0.15, -0.1) is 0 Å². The first kappa shape index (κ1) is 17.3. The van der Waals surface area contributed by atoms with E-state index in [0.29, 0.717) is 4.90 Å². The summed E-state index contributed by atoms with van der Waals surface area (Å²) in [5, 5.41) is 3.33. The van der Waals surface area contributed by atoms with Crippen LogP contribution in [0.1, 0.15) is 18.4 Å².